The number of aryl methyl sites for hydroxylation is 2. The number of rotatable bonds is 6. The van der Waals surface area contributed by atoms with Crippen molar-refractivity contribution in [2.24, 2.45) is 11.3 Å². The zero-order valence-electron chi connectivity index (χ0n) is 22.5. The summed E-state index contributed by atoms with van der Waals surface area (Å²) < 4.78 is 15.4. The minimum absolute atomic E-state index is 0.0285. The van der Waals surface area contributed by atoms with E-state index in [1.54, 1.807) is 16.8 Å². The van der Waals surface area contributed by atoms with Crippen molar-refractivity contribution in [1.82, 2.24) is 24.6 Å². The van der Waals surface area contributed by atoms with Gasteiger partial charge in [-0.25, -0.2) is 19.0 Å². The zero-order chi connectivity index (χ0) is 26.0. The summed E-state index contributed by atoms with van der Waals surface area (Å²) >= 11 is 0. The standard InChI is InChI=1S/C28H39FN6O/c1-19(2)8-13-23-30-26(34-15-7-14-33(16-17-34)24(36)18-28(4,5)6)25-20(3)32-35(27(25)31-23)22-11-9-21(29)10-12-22/h9-12,19H,7-8,13-18H2,1-6H3. The van der Waals surface area contributed by atoms with Crippen LogP contribution in [-0.4, -0.2) is 56.7 Å². The number of amides is 1. The topological polar surface area (TPSA) is 67.2 Å². The van der Waals surface area contributed by atoms with Gasteiger partial charge in [-0.1, -0.05) is 34.6 Å². The Balaban J connectivity index is 1.71. The predicted molar refractivity (Wildman–Crippen MR) is 142 cm³/mol. The van der Waals surface area contributed by atoms with E-state index < -0.39 is 0 Å². The Labute approximate surface area is 213 Å². The predicted octanol–water partition coefficient (Wildman–Crippen LogP) is 5.33. The molecule has 1 aliphatic heterocycles. The number of nitrogens with zero attached hydrogens (tertiary/aromatic N) is 6. The number of aromatic nitrogens is 4. The highest BCUT2D eigenvalue weighted by molar-refractivity contribution is 5.91. The van der Waals surface area contributed by atoms with Crippen molar-refractivity contribution in [3.8, 4) is 5.69 Å². The number of carbonyl (C=O) groups excluding carboxylic acids is 1. The third-order valence-electron chi connectivity index (χ3n) is 6.58. The van der Waals surface area contributed by atoms with Crippen molar-refractivity contribution >= 4 is 22.8 Å². The normalized spacial score (nSPS) is 15.1. The number of anilines is 1. The Kier molecular flexibility index (Phi) is 7.62. The third kappa shape index (κ3) is 6.02. The number of benzene rings is 1. The molecule has 0 bridgehead atoms. The molecule has 1 saturated heterocycles. The van der Waals surface area contributed by atoms with Gasteiger partial charge in [0.05, 0.1) is 16.8 Å². The minimum Gasteiger partial charge on any atom is -0.354 e. The SMILES string of the molecule is Cc1nn(-c2ccc(F)cc2)c2nc(CCC(C)C)nc(N3CCCN(C(=O)CC(C)(C)C)CC3)c12. The van der Waals surface area contributed by atoms with Gasteiger partial charge < -0.3 is 9.80 Å². The molecule has 36 heavy (non-hydrogen) atoms. The lowest BCUT2D eigenvalue weighted by atomic mass is 9.91. The Morgan fingerprint density at radius 3 is 2.44 bits per heavy atom. The lowest BCUT2D eigenvalue weighted by molar-refractivity contribution is -0.132. The van der Waals surface area contributed by atoms with Gasteiger partial charge >= 0.3 is 0 Å². The molecule has 1 aromatic carbocycles. The molecule has 0 saturated carbocycles. The molecular weight excluding hydrogens is 455 g/mol. The maximum atomic E-state index is 13.6. The molecule has 0 atom stereocenters. The largest absolute Gasteiger partial charge is 0.354 e. The molecule has 8 heteroatoms. The van der Waals surface area contributed by atoms with Crippen LogP contribution in [0.3, 0.4) is 0 Å². The maximum Gasteiger partial charge on any atom is 0.223 e. The number of carbonyl (C=O) groups is 1. The molecular formula is C28H39FN6O. The number of hydrogen-bond acceptors (Lipinski definition) is 5. The Hall–Kier alpha value is -3.03. The minimum atomic E-state index is -0.282. The van der Waals surface area contributed by atoms with Crippen LogP contribution in [0.2, 0.25) is 0 Å². The molecule has 3 heterocycles. The summed E-state index contributed by atoms with van der Waals surface area (Å²) in [6, 6.07) is 6.33. The zero-order valence-corrected chi connectivity index (χ0v) is 22.5. The number of halogens is 1. The van der Waals surface area contributed by atoms with Gasteiger partial charge in [-0.15, -0.1) is 0 Å². The van der Waals surface area contributed by atoms with Crippen LogP contribution in [-0.2, 0) is 11.2 Å². The summed E-state index contributed by atoms with van der Waals surface area (Å²) in [7, 11) is 0. The van der Waals surface area contributed by atoms with E-state index >= 15 is 0 Å². The van der Waals surface area contributed by atoms with Crippen LogP contribution in [0.4, 0.5) is 10.2 Å². The monoisotopic (exact) mass is 494 g/mol. The molecule has 1 fully saturated rings. The summed E-state index contributed by atoms with van der Waals surface area (Å²) in [6.45, 7) is 15.6. The van der Waals surface area contributed by atoms with E-state index in [1.165, 1.54) is 12.1 Å². The number of fused-ring (bicyclic) bond motifs is 1. The van der Waals surface area contributed by atoms with Crippen molar-refractivity contribution in [3.63, 3.8) is 0 Å². The van der Waals surface area contributed by atoms with E-state index in [2.05, 4.69) is 39.5 Å². The second-order valence-electron chi connectivity index (χ2n) is 11.5. The van der Waals surface area contributed by atoms with Gasteiger partial charge in [-0.05, 0) is 55.4 Å². The van der Waals surface area contributed by atoms with Crippen LogP contribution in [0, 0.1) is 24.1 Å². The first-order valence-electron chi connectivity index (χ1n) is 13.1. The van der Waals surface area contributed by atoms with Crippen LogP contribution in [0.25, 0.3) is 16.7 Å². The van der Waals surface area contributed by atoms with Crippen molar-refractivity contribution in [2.45, 2.75) is 67.2 Å². The fourth-order valence-corrected chi connectivity index (χ4v) is 4.67. The molecule has 3 aromatic rings. The first-order chi connectivity index (χ1) is 17.0. The molecule has 194 valence electrons. The van der Waals surface area contributed by atoms with Crippen LogP contribution >= 0.6 is 0 Å². The van der Waals surface area contributed by atoms with Crippen LogP contribution in [0.1, 0.15) is 65.4 Å². The van der Waals surface area contributed by atoms with E-state index in [4.69, 9.17) is 15.1 Å². The maximum absolute atomic E-state index is 13.6. The van der Waals surface area contributed by atoms with Gasteiger partial charge in [0.2, 0.25) is 5.91 Å². The number of hydrogen-bond donors (Lipinski definition) is 0. The van der Waals surface area contributed by atoms with Crippen LogP contribution < -0.4 is 4.90 Å². The van der Waals surface area contributed by atoms with E-state index in [0.717, 1.165) is 66.4 Å². The lowest BCUT2D eigenvalue weighted by Crippen LogP contribution is -2.37. The second kappa shape index (κ2) is 10.5. The molecule has 4 rings (SSSR count). The second-order valence-corrected chi connectivity index (χ2v) is 11.5. The summed E-state index contributed by atoms with van der Waals surface area (Å²) in [6.07, 6.45) is 3.20. The highest BCUT2D eigenvalue weighted by Crippen LogP contribution is 2.30. The quantitative estimate of drug-likeness (QED) is 0.464. The van der Waals surface area contributed by atoms with Crippen molar-refractivity contribution < 1.29 is 9.18 Å². The van der Waals surface area contributed by atoms with Gasteiger partial charge in [-0.3, -0.25) is 4.79 Å². The Morgan fingerprint density at radius 2 is 1.78 bits per heavy atom. The molecule has 0 radical (unpaired) electrons. The third-order valence-corrected chi connectivity index (χ3v) is 6.58. The van der Waals surface area contributed by atoms with Gasteiger partial charge in [0.1, 0.15) is 17.5 Å². The van der Waals surface area contributed by atoms with Gasteiger partial charge in [-0.2, -0.15) is 5.10 Å². The summed E-state index contributed by atoms with van der Waals surface area (Å²) in [5.74, 6) is 2.15. The molecule has 1 amide bonds. The van der Waals surface area contributed by atoms with E-state index in [1.807, 2.05) is 11.8 Å². The molecule has 0 unspecified atom stereocenters. The molecule has 1 aliphatic rings. The van der Waals surface area contributed by atoms with Gasteiger partial charge in [0, 0.05) is 39.0 Å². The van der Waals surface area contributed by atoms with Gasteiger partial charge in [0.15, 0.2) is 5.65 Å². The summed E-state index contributed by atoms with van der Waals surface area (Å²) in [5, 5.41) is 5.71. The average molecular weight is 495 g/mol. The van der Waals surface area contributed by atoms with Crippen LogP contribution in [0.15, 0.2) is 24.3 Å². The van der Waals surface area contributed by atoms with Crippen molar-refractivity contribution in [2.75, 3.05) is 31.1 Å². The molecule has 0 aliphatic carbocycles. The van der Waals surface area contributed by atoms with Crippen LogP contribution in [0.5, 0.6) is 0 Å². The first kappa shape index (κ1) is 26.0. The smallest absolute Gasteiger partial charge is 0.223 e. The fraction of sp³-hybridized carbons (Fsp3) is 0.571. The van der Waals surface area contributed by atoms with E-state index in [9.17, 15) is 9.18 Å². The average Bonchev–Trinajstić information content (AvgIpc) is 2.97. The summed E-state index contributed by atoms with van der Waals surface area (Å²) in [4.78, 5) is 27.2. The highest BCUT2D eigenvalue weighted by Gasteiger charge is 2.26. The molecule has 0 spiro atoms. The van der Waals surface area contributed by atoms with Gasteiger partial charge in [0.25, 0.3) is 0 Å². The molecule has 2 aromatic heterocycles. The lowest BCUT2D eigenvalue weighted by Gasteiger charge is -2.26. The molecule has 7 nitrogen and oxygen atoms in total. The van der Waals surface area contributed by atoms with Crippen molar-refractivity contribution in [1.29, 1.82) is 0 Å². The Morgan fingerprint density at radius 1 is 1.06 bits per heavy atom. The molecule has 0 N–H and O–H groups in total. The summed E-state index contributed by atoms with van der Waals surface area (Å²) in [5.41, 5.74) is 2.32. The Bertz CT molecular complexity index is 1210. The highest BCUT2D eigenvalue weighted by atomic mass is 19.1. The van der Waals surface area contributed by atoms with E-state index in [-0.39, 0.29) is 17.1 Å². The van der Waals surface area contributed by atoms with Crippen molar-refractivity contribution in [3.05, 3.63) is 41.6 Å². The van der Waals surface area contributed by atoms with E-state index in [0.29, 0.717) is 25.4 Å². The first-order valence-corrected chi connectivity index (χ1v) is 13.1. The fourth-order valence-electron chi connectivity index (χ4n) is 4.67.